The fourth-order valence-electron chi connectivity index (χ4n) is 2.66. The third-order valence-electron chi connectivity index (χ3n) is 3.87. The van der Waals surface area contributed by atoms with Gasteiger partial charge in [-0.15, -0.1) is 0 Å². The Kier molecular flexibility index (Phi) is 5.10. The summed E-state index contributed by atoms with van der Waals surface area (Å²) >= 11 is 18.7. The van der Waals surface area contributed by atoms with Crippen molar-refractivity contribution in [1.82, 2.24) is 0 Å². The van der Waals surface area contributed by atoms with E-state index in [1.54, 1.807) is 36.4 Å². The first-order valence-electron chi connectivity index (χ1n) is 7.90. The van der Waals surface area contributed by atoms with Crippen LogP contribution < -0.4 is 4.90 Å². The molecule has 0 bridgehead atoms. The van der Waals surface area contributed by atoms with Crippen molar-refractivity contribution in [3.63, 3.8) is 0 Å². The number of carbonyl (C=O) groups is 1. The molecule has 3 aromatic rings. The number of nitrogens with zero attached hydrogens (tertiary/aromatic N) is 1. The van der Waals surface area contributed by atoms with Gasteiger partial charge < -0.3 is 4.42 Å². The van der Waals surface area contributed by atoms with Crippen LogP contribution in [0.2, 0.25) is 10.0 Å². The number of hydrogen-bond acceptors (Lipinski definition) is 4. The average Bonchev–Trinajstić information content (AvgIpc) is 3.20. The maximum Gasteiger partial charge on any atom is 0.270 e. The van der Waals surface area contributed by atoms with E-state index in [9.17, 15) is 4.79 Å². The van der Waals surface area contributed by atoms with Gasteiger partial charge in [-0.1, -0.05) is 65.4 Å². The summed E-state index contributed by atoms with van der Waals surface area (Å²) in [7, 11) is 0. The third kappa shape index (κ3) is 3.82. The molecule has 0 saturated carbocycles. The number of thiocarbonyl (C=S) groups is 1. The number of carbonyl (C=O) groups excluding carboxylic acids is 1. The summed E-state index contributed by atoms with van der Waals surface area (Å²) in [6, 6.07) is 18.1. The van der Waals surface area contributed by atoms with Crippen LogP contribution in [0.25, 0.3) is 17.4 Å². The lowest BCUT2D eigenvalue weighted by Crippen LogP contribution is -2.27. The lowest BCUT2D eigenvalue weighted by atomic mass is 10.2. The van der Waals surface area contributed by atoms with E-state index in [1.165, 1.54) is 16.7 Å². The second-order valence-electron chi connectivity index (χ2n) is 5.71. The van der Waals surface area contributed by atoms with Crippen LogP contribution in [0, 0.1) is 0 Å². The number of halogens is 2. The number of rotatable bonds is 3. The van der Waals surface area contributed by atoms with Crippen LogP contribution >= 0.6 is 47.2 Å². The summed E-state index contributed by atoms with van der Waals surface area (Å²) in [6.45, 7) is 0. The molecule has 0 spiro atoms. The lowest BCUT2D eigenvalue weighted by molar-refractivity contribution is -0.113. The topological polar surface area (TPSA) is 33.5 Å². The first-order valence-corrected chi connectivity index (χ1v) is 9.88. The van der Waals surface area contributed by atoms with E-state index in [2.05, 4.69) is 0 Å². The van der Waals surface area contributed by atoms with Gasteiger partial charge in [-0.25, -0.2) is 0 Å². The van der Waals surface area contributed by atoms with Crippen LogP contribution in [0.5, 0.6) is 0 Å². The molecule has 2 aromatic carbocycles. The highest BCUT2D eigenvalue weighted by molar-refractivity contribution is 8.27. The van der Waals surface area contributed by atoms with Gasteiger partial charge in [0.05, 0.1) is 10.6 Å². The van der Waals surface area contributed by atoms with Crippen molar-refractivity contribution in [1.29, 1.82) is 0 Å². The number of thioether (sulfide) groups is 1. The summed E-state index contributed by atoms with van der Waals surface area (Å²) in [5.74, 6) is 1.04. The Morgan fingerprint density at radius 2 is 1.74 bits per heavy atom. The Balaban J connectivity index is 1.62. The Morgan fingerprint density at radius 1 is 1.00 bits per heavy atom. The molecule has 1 aliphatic rings. The minimum Gasteiger partial charge on any atom is -0.457 e. The van der Waals surface area contributed by atoms with Crippen molar-refractivity contribution in [2.45, 2.75) is 0 Å². The zero-order valence-corrected chi connectivity index (χ0v) is 16.8. The number of anilines is 1. The van der Waals surface area contributed by atoms with Gasteiger partial charge in [0.1, 0.15) is 11.5 Å². The largest absolute Gasteiger partial charge is 0.457 e. The SMILES string of the molecule is O=C1/C(=C\c2ccc(-c3cccc(Cl)c3)o2)SC(=S)N1c1cccc(Cl)c1. The molecule has 0 radical (unpaired) electrons. The van der Waals surface area contributed by atoms with Gasteiger partial charge in [-0.05, 0) is 42.5 Å². The molecule has 7 heteroatoms. The number of furan rings is 1. The first kappa shape index (κ1) is 18.3. The number of hydrogen-bond donors (Lipinski definition) is 0. The van der Waals surface area contributed by atoms with Crippen molar-refractivity contribution < 1.29 is 9.21 Å². The van der Waals surface area contributed by atoms with Gasteiger partial charge in [0, 0.05) is 21.7 Å². The van der Waals surface area contributed by atoms with Crippen molar-refractivity contribution in [2.75, 3.05) is 4.90 Å². The Bertz CT molecular complexity index is 1090. The Labute approximate surface area is 175 Å². The molecule has 134 valence electrons. The highest BCUT2D eigenvalue weighted by atomic mass is 35.5. The zero-order chi connectivity index (χ0) is 19.0. The molecule has 27 heavy (non-hydrogen) atoms. The summed E-state index contributed by atoms with van der Waals surface area (Å²) in [5.41, 5.74) is 1.51. The normalized spacial score (nSPS) is 15.8. The molecule has 1 amide bonds. The minimum absolute atomic E-state index is 0.201. The fourth-order valence-corrected chi connectivity index (χ4v) is 4.32. The van der Waals surface area contributed by atoms with E-state index in [4.69, 9.17) is 39.8 Å². The van der Waals surface area contributed by atoms with Crippen LogP contribution in [0.15, 0.2) is 70.0 Å². The van der Waals surface area contributed by atoms with Crippen LogP contribution in [0.1, 0.15) is 5.76 Å². The molecule has 1 aromatic heterocycles. The number of amides is 1. The predicted octanol–water partition coefficient (Wildman–Crippen LogP) is 6.66. The predicted molar refractivity (Wildman–Crippen MR) is 116 cm³/mol. The second-order valence-corrected chi connectivity index (χ2v) is 8.26. The van der Waals surface area contributed by atoms with E-state index in [1.807, 2.05) is 30.3 Å². The molecule has 0 unspecified atom stereocenters. The molecular weight excluding hydrogens is 421 g/mol. The molecule has 0 atom stereocenters. The van der Waals surface area contributed by atoms with Gasteiger partial charge in [-0.3, -0.25) is 9.69 Å². The Morgan fingerprint density at radius 3 is 2.48 bits per heavy atom. The molecule has 1 saturated heterocycles. The molecule has 3 nitrogen and oxygen atoms in total. The zero-order valence-electron chi connectivity index (χ0n) is 13.7. The van der Waals surface area contributed by atoms with Crippen molar-refractivity contribution in [3.8, 4) is 11.3 Å². The van der Waals surface area contributed by atoms with E-state index >= 15 is 0 Å². The van der Waals surface area contributed by atoms with E-state index in [0.717, 1.165) is 5.56 Å². The van der Waals surface area contributed by atoms with Crippen molar-refractivity contribution in [2.24, 2.45) is 0 Å². The van der Waals surface area contributed by atoms with E-state index in [0.29, 0.717) is 36.5 Å². The van der Waals surface area contributed by atoms with E-state index in [-0.39, 0.29) is 5.91 Å². The van der Waals surface area contributed by atoms with Gasteiger partial charge in [0.15, 0.2) is 4.32 Å². The maximum absolute atomic E-state index is 12.8. The van der Waals surface area contributed by atoms with Gasteiger partial charge in [0.2, 0.25) is 0 Å². The summed E-state index contributed by atoms with van der Waals surface area (Å²) in [6.07, 6.45) is 1.69. The van der Waals surface area contributed by atoms with Gasteiger partial charge in [-0.2, -0.15) is 0 Å². The highest BCUT2D eigenvalue weighted by Gasteiger charge is 2.33. The Hall–Kier alpha value is -2.05. The monoisotopic (exact) mass is 431 g/mol. The molecule has 4 rings (SSSR count). The van der Waals surface area contributed by atoms with Crippen molar-refractivity contribution >= 4 is 69.2 Å². The van der Waals surface area contributed by atoms with E-state index < -0.39 is 0 Å². The second kappa shape index (κ2) is 7.52. The quantitative estimate of drug-likeness (QED) is 0.342. The van der Waals surface area contributed by atoms with Gasteiger partial charge in [0.25, 0.3) is 5.91 Å². The molecular formula is C20H11Cl2NO2S2. The smallest absolute Gasteiger partial charge is 0.270 e. The molecule has 1 fully saturated rings. The molecule has 0 N–H and O–H groups in total. The van der Waals surface area contributed by atoms with Gasteiger partial charge >= 0.3 is 0 Å². The molecule has 2 heterocycles. The van der Waals surface area contributed by atoms with Crippen molar-refractivity contribution in [3.05, 3.63) is 81.4 Å². The highest BCUT2D eigenvalue weighted by Crippen LogP contribution is 2.37. The average molecular weight is 432 g/mol. The number of benzene rings is 2. The van der Waals surface area contributed by atoms with Crippen LogP contribution in [0.3, 0.4) is 0 Å². The summed E-state index contributed by atoms with van der Waals surface area (Å²) < 4.78 is 6.30. The fraction of sp³-hybridized carbons (Fsp3) is 0. The van der Waals surface area contributed by atoms with Crippen LogP contribution in [-0.4, -0.2) is 10.2 Å². The molecule has 1 aliphatic heterocycles. The minimum atomic E-state index is -0.201. The maximum atomic E-state index is 12.8. The third-order valence-corrected chi connectivity index (χ3v) is 5.64. The lowest BCUT2D eigenvalue weighted by Gasteiger charge is -2.14. The summed E-state index contributed by atoms with van der Waals surface area (Å²) in [5, 5.41) is 1.18. The van der Waals surface area contributed by atoms with Crippen LogP contribution in [0.4, 0.5) is 5.69 Å². The standard InChI is InChI=1S/C20H11Cl2NO2S2/c21-13-4-1-3-12(9-13)17-8-7-16(25-17)11-18-19(24)23(20(26)27-18)15-6-2-5-14(22)10-15/h1-11H/b18-11+. The summed E-state index contributed by atoms with van der Waals surface area (Å²) in [4.78, 5) is 14.8. The van der Waals surface area contributed by atoms with Crippen LogP contribution in [-0.2, 0) is 4.79 Å². The first-order chi connectivity index (χ1) is 13.0. The molecule has 0 aliphatic carbocycles.